The van der Waals surface area contributed by atoms with Crippen molar-refractivity contribution in [3.05, 3.63) is 84.9 Å². The Hall–Kier alpha value is -3.18. The third kappa shape index (κ3) is 6.13. The fourth-order valence-corrected chi connectivity index (χ4v) is 9.26. The molecule has 0 radical (unpaired) electrons. The molecule has 15 heteroatoms. The van der Waals surface area contributed by atoms with E-state index in [1.54, 1.807) is 36.4 Å². The fourth-order valence-electron chi connectivity index (χ4n) is 4.80. The van der Waals surface area contributed by atoms with Crippen LogP contribution in [0.2, 0.25) is 0 Å². The molecule has 2 fully saturated rings. The minimum Gasteiger partial charge on any atom is -0.379 e. The maximum absolute atomic E-state index is 13.6. The van der Waals surface area contributed by atoms with Crippen LogP contribution in [0, 0.1) is 0 Å². The molecule has 0 unspecified atom stereocenters. The highest BCUT2D eigenvalue weighted by molar-refractivity contribution is 7.90. The second kappa shape index (κ2) is 12.2. The quantitative estimate of drug-likeness (QED) is 0.391. The molecule has 2 aliphatic rings. The van der Waals surface area contributed by atoms with E-state index in [4.69, 9.17) is 4.74 Å². The molecule has 1 atom stereocenters. The lowest BCUT2D eigenvalue weighted by Crippen LogP contribution is -2.60. The van der Waals surface area contributed by atoms with E-state index in [9.17, 15) is 30.0 Å². The number of hydrogen-bond donors (Lipinski definition) is 1. The monoisotopic (exact) mass is 634 g/mol. The van der Waals surface area contributed by atoms with Crippen molar-refractivity contribution in [1.29, 1.82) is 0 Å². The summed E-state index contributed by atoms with van der Waals surface area (Å²) in [5, 5.41) is 2.64. The van der Waals surface area contributed by atoms with Crippen molar-refractivity contribution in [3.8, 4) is 0 Å². The summed E-state index contributed by atoms with van der Waals surface area (Å²) in [6.45, 7) is 0.243. The Balaban J connectivity index is 1.41. The molecule has 0 spiro atoms. The number of piperazine rings is 1. The Morgan fingerprint density at radius 2 is 1.12 bits per heavy atom. The Kier molecular flexibility index (Phi) is 8.80. The second-order valence-corrected chi connectivity index (χ2v) is 15.4. The van der Waals surface area contributed by atoms with Crippen LogP contribution in [0.4, 0.5) is 5.69 Å². The number of anilines is 1. The van der Waals surface area contributed by atoms with Crippen LogP contribution in [-0.4, -0.2) is 96.1 Å². The van der Waals surface area contributed by atoms with E-state index in [-0.39, 0.29) is 46.6 Å². The van der Waals surface area contributed by atoms with E-state index in [1.165, 1.54) is 52.8 Å². The van der Waals surface area contributed by atoms with Crippen LogP contribution in [-0.2, 0) is 39.6 Å². The van der Waals surface area contributed by atoms with Gasteiger partial charge >= 0.3 is 0 Å². The highest BCUT2D eigenvalue weighted by atomic mass is 32.2. The number of carbonyl (C=O) groups is 1. The summed E-state index contributed by atoms with van der Waals surface area (Å²) >= 11 is 0. The van der Waals surface area contributed by atoms with Gasteiger partial charge in [-0.1, -0.05) is 36.4 Å². The number of sulfonamides is 3. The first-order chi connectivity index (χ1) is 20.0. The van der Waals surface area contributed by atoms with Crippen LogP contribution in [0.25, 0.3) is 0 Å². The fraction of sp³-hybridized carbons (Fsp3) is 0.296. The number of morpholine rings is 1. The van der Waals surface area contributed by atoms with Crippen molar-refractivity contribution in [2.24, 2.45) is 0 Å². The van der Waals surface area contributed by atoms with Gasteiger partial charge in [0.1, 0.15) is 6.04 Å². The van der Waals surface area contributed by atoms with E-state index < -0.39 is 48.6 Å². The van der Waals surface area contributed by atoms with Gasteiger partial charge in [0.2, 0.25) is 36.0 Å². The second-order valence-electron chi connectivity index (χ2n) is 9.65. The Labute approximate surface area is 245 Å². The summed E-state index contributed by atoms with van der Waals surface area (Å²) in [5.74, 6) is -0.758. The van der Waals surface area contributed by atoms with Crippen LogP contribution in [0.3, 0.4) is 0 Å². The van der Waals surface area contributed by atoms with Crippen molar-refractivity contribution >= 4 is 41.7 Å². The summed E-state index contributed by atoms with van der Waals surface area (Å²) in [6, 6.07) is 19.4. The lowest BCUT2D eigenvalue weighted by atomic mass is 10.2. The van der Waals surface area contributed by atoms with Crippen molar-refractivity contribution in [2.75, 3.05) is 51.3 Å². The largest absolute Gasteiger partial charge is 0.379 e. The molecule has 1 amide bonds. The highest BCUT2D eigenvalue weighted by Gasteiger charge is 2.43. The van der Waals surface area contributed by atoms with Gasteiger partial charge in [0, 0.05) is 38.4 Å². The normalized spacial score (nSPS) is 19.8. The SMILES string of the molecule is O=C(Nc1ccc(S(=O)(=O)N2CCOCC2)cc1)[C@@H]1CN(S(=O)(=O)c2ccccc2)CCN1S(=O)(=O)c1ccccc1. The van der Waals surface area contributed by atoms with Gasteiger partial charge in [0.15, 0.2) is 0 Å². The van der Waals surface area contributed by atoms with Gasteiger partial charge in [0.05, 0.1) is 27.9 Å². The number of ether oxygens (including phenoxy) is 1. The van der Waals surface area contributed by atoms with Crippen LogP contribution in [0.1, 0.15) is 0 Å². The minimum absolute atomic E-state index is 0.0279. The highest BCUT2D eigenvalue weighted by Crippen LogP contribution is 2.27. The van der Waals surface area contributed by atoms with Crippen molar-refractivity contribution in [2.45, 2.75) is 20.7 Å². The molecule has 2 heterocycles. The zero-order valence-electron chi connectivity index (χ0n) is 22.4. The number of amides is 1. The molecule has 1 N–H and O–H groups in total. The summed E-state index contributed by atoms with van der Waals surface area (Å²) < 4.78 is 88.4. The Morgan fingerprint density at radius 3 is 1.69 bits per heavy atom. The molecule has 12 nitrogen and oxygen atoms in total. The maximum Gasteiger partial charge on any atom is 0.244 e. The van der Waals surface area contributed by atoms with Crippen LogP contribution in [0.5, 0.6) is 0 Å². The molecule has 2 saturated heterocycles. The molecule has 2 aliphatic heterocycles. The third-order valence-corrected chi connectivity index (χ3v) is 12.8. The molecule has 0 bridgehead atoms. The number of rotatable bonds is 8. The maximum atomic E-state index is 13.6. The van der Waals surface area contributed by atoms with Gasteiger partial charge < -0.3 is 10.1 Å². The number of carbonyl (C=O) groups excluding carboxylic acids is 1. The molecular weight excluding hydrogens is 605 g/mol. The molecule has 0 aliphatic carbocycles. The number of hydrogen-bond acceptors (Lipinski definition) is 8. The molecule has 224 valence electrons. The minimum atomic E-state index is -4.16. The molecule has 3 aromatic carbocycles. The number of benzene rings is 3. The van der Waals surface area contributed by atoms with E-state index in [2.05, 4.69) is 5.32 Å². The van der Waals surface area contributed by atoms with Crippen molar-refractivity contribution in [3.63, 3.8) is 0 Å². The van der Waals surface area contributed by atoms with Crippen molar-refractivity contribution < 1.29 is 34.8 Å². The topological polar surface area (TPSA) is 150 Å². The summed E-state index contributed by atoms with van der Waals surface area (Å²) in [6.07, 6.45) is 0. The first kappa shape index (κ1) is 30.3. The molecule has 0 aromatic heterocycles. The Bertz CT molecular complexity index is 1730. The Morgan fingerprint density at radius 1 is 0.619 bits per heavy atom. The summed E-state index contributed by atoms with van der Waals surface area (Å²) in [5.41, 5.74) is 0.223. The lowest BCUT2D eigenvalue weighted by Gasteiger charge is -2.38. The van der Waals surface area contributed by atoms with Crippen LogP contribution >= 0.6 is 0 Å². The van der Waals surface area contributed by atoms with E-state index in [0.717, 1.165) is 8.61 Å². The zero-order chi connectivity index (χ0) is 30.0. The number of nitrogens with one attached hydrogen (secondary N) is 1. The van der Waals surface area contributed by atoms with Crippen LogP contribution < -0.4 is 5.32 Å². The van der Waals surface area contributed by atoms with Gasteiger partial charge in [-0.15, -0.1) is 0 Å². The molecular formula is C27H30N4O8S3. The van der Waals surface area contributed by atoms with E-state index in [0.29, 0.717) is 13.2 Å². The summed E-state index contributed by atoms with van der Waals surface area (Å²) in [4.78, 5) is 13.7. The molecule has 0 saturated carbocycles. The van der Waals surface area contributed by atoms with E-state index in [1.807, 2.05) is 0 Å². The first-order valence-corrected chi connectivity index (χ1v) is 17.4. The predicted octanol–water partition coefficient (Wildman–Crippen LogP) is 1.41. The van der Waals surface area contributed by atoms with Gasteiger partial charge in [-0.25, -0.2) is 25.3 Å². The predicted molar refractivity (Wildman–Crippen MR) is 154 cm³/mol. The molecule has 5 rings (SSSR count). The number of nitrogens with zero attached hydrogens (tertiary/aromatic N) is 3. The van der Waals surface area contributed by atoms with Gasteiger partial charge in [0.25, 0.3) is 0 Å². The van der Waals surface area contributed by atoms with Gasteiger partial charge in [-0.2, -0.15) is 12.9 Å². The smallest absolute Gasteiger partial charge is 0.244 e. The zero-order valence-corrected chi connectivity index (χ0v) is 24.9. The van der Waals surface area contributed by atoms with Crippen LogP contribution in [0.15, 0.2) is 99.6 Å². The molecule has 42 heavy (non-hydrogen) atoms. The van der Waals surface area contributed by atoms with Gasteiger partial charge in [-0.3, -0.25) is 4.79 Å². The lowest BCUT2D eigenvalue weighted by molar-refractivity contribution is -0.120. The standard InChI is InChI=1S/C27H30N4O8S3/c32-27(28-22-11-13-25(14-12-22)40(33,34)29-17-19-39-20-18-29)26-21-30(41(35,36)23-7-3-1-4-8-23)15-16-31(26)42(37,38)24-9-5-2-6-10-24/h1-14,26H,15-21H2,(H,28,32)/t26-/m0/s1. The average molecular weight is 635 g/mol. The molecule has 3 aromatic rings. The average Bonchev–Trinajstić information content (AvgIpc) is 3.02. The van der Waals surface area contributed by atoms with Crippen molar-refractivity contribution in [1.82, 2.24) is 12.9 Å². The van der Waals surface area contributed by atoms with E-state index >= 15 is 0 Å². The van der Waals surface area contributed by atoms with Gasteiger partial charge in [-0.05, 0) is 48.5 Å². The third-order valence-electron chi connectivity index (χ3n) is 7.06. The summed E-state index contributed by atoms with van der Waals surface area (Å²) in [7, 11) is -11.9. The first-order valence-electron chi connectivity index (χ1n) is 13.1.